The molecule has 1 heterocycles. The Labute approximate surface area is 278 Å². The van der Waals surface area contributed by atoms with E-state index in [9.17, 15) is 14.4 Å². The molecule has 0 aromatic heterocycles. The largest absolute Gasteiger partial charge is 0.469 e. The summed E-state index contributed by atoms with van der Waals surface area (Å²) >= 11 is 0. The first-order valence-electron chi connectivity index (χ1n) is 18.5. The van der Waals surface area contributed by atoms with E-state index in [2.05, 4.69) is 59.9 Å². The lowest BCUT2D eigenvalue weighted by Crippen LogP contribution is -2.65. The van der Waals surface area contributed by atoms with Gasteiger partial charge in [0.2, 0.25) is 5.91 Å². The molecule has 8 atom stereocenters. The van der Waals surface area contributed by atoms with Crippen molar-refractivity contribution >= 4 is 17.8 Å². The molecule has 7 heteroatoms. The number of allylic oxidation sites excluding steroid dienone is 2. The Morgan fingerprint density at radius 1 is 0.870 bits per heavy atom. The normalized spacial score (nSPS) is 42.7. The predicted molar refractivity (Wildman–Crippen MR) is 180 cm³/mol. The first-order valence-corrected chi connectivity index (χ1v) is 18.5. The van der Waals surface area contributed by atoms with E-state index in [0.717, 1.165) is 77.3 Å². The number of rotatable bonds is 5. The Bertz CT molecular complexity index is 1270. The van der Waals surface area contributed by atoms with Crippen molar-refractivity contribution in [1.29, 1.82) is 0 Å². The molecular weight excluding hydrogens is 576 g/mol. The summed E-state index contributed by atoms with van der Waals surface area (Å²) < 4.78 is 11.8. The lowest BCUT2D eigenvalue weighted by molar-refractivity contribution is -0.214. The van der Waals surface area contributed by atoms with Gasteiger partial charge in [-0.15, -0.1) is 0 Å². The zero-order valence-corrected chi connectivity index (χ0v) is 30.2. The minimum atomic E-state index is -0.376. The van der Waals surface area contributed by atoms with Crippen molar-refractivity contribution < 1.29 is 23.9 Å². The molecule has 0 spiro atoms. The number of hydrogen-bond donors (Lipinski definition) is 1. The molecule has 7 nitrogen and oxygen atoms in total. The van der Waals surface area contributed by atoms with Crippen LogP contribution in [-0.2, 0) is 23.9 Å². The summed E-state index contributed by atoms with van der Waals surface area (Å²) in [6.07, 6.45) is 13.2. The number of hydrogen-bond acceptors (Lipinski definition) is 6. The summed E-state index contributed by atoms with van der Waals surface area (Å²) in [7, 11) is 1.58. The smallest absolute Gasteiger partial charge is 0.312 e. The summed E-state index contributed by atoms with van der Waals surface area (Å²) in [6, 6.07) is 0. The van der Waals surface area contributed by atoms with Gasteiger partial charge in [-0.25, -0.2) is 0 Å². The van der Waals surface area contributed by atoms with Gasteiger partial charge in [0.25, 0.3) is 0 Å². The molecule has 0 bridgehead atoms. The first kappa shape index (κ1) is 34.0. The highest BCUT2D eigenvalue weighted by atomic mass is 16.5. The molecule has 5 aliphatic carbocycles. The van der Waals surface area contributed by atoms with Crippen LogP contribution in [0.5, 0.6) is 0 Å². The van der Waals surface area contributed by atoms with Crippen molar-refractivity contribution in [3.63, 3.8) is 0 Å². The molecule has 0 radical (unpaired) electrons. The third-order valence-corrected chi connectivity index (χ3v) is 15.5. The van der Waals surface area contributed by atoms with E-state index in [1.54, 1.807) is 12.7 Å². The lowest BCUT2D eigenvalue weighted by Gasteiger charge is -2.71. The number of fused-ring (bicyclic) bond motifs is 7. The molecule has 0 aromatic rings. The fraction of sp³-hybridized carbons (Fsp3) is 0.872. The minimum Gasteiger partial charge on any atom is -0.469 e. The van der Waals surface area contributed by atoms with Crippen LogP contribution in [-0.4, -0.2) is 62.1 Å². The number of carbonyl (C=O) groups excluding carboxylic acids is 3. The quantitative estimate of drug-likeness (QED) is 0.256. The Morgan fingerprint density at radius 2 is 1.57 bits per heavy atom. The van der Waals surface area contributed by atoms with Gasteiger partial charge < -0.3 is 19.7 Å². The third kappa shape index (κ3) is 5.10. The van der Waals surface area contributed by atoms with Gasteiger partial charge in [0.05, 0.1) is 18.9 Å². The number of ether oxygens (including phenoxy) is 2. The van der Waals surface area contributed by atoms with Gasteiger partial charge in [-0.3, -0.25) is 14.4 Å². The molecule has 0 unspecified atom stereocenters. The second-order valence-corrected chi connectivity index (χ2v) is 18.3. The molecule has 0 aromatic carbocycles. The number of piperazine rings is 1. The summed E-state index contributed by atoms with van der Waals surface area (Å²) in [5.74, 6) is 1.11. The molecule has 5 fully saturated rings. The molecule has 4 saturated carbocycles. The van der Waals surface area contributed by atoms with Crippen molar-refractivity contribution in [2.45, 2.75) is 132 Å². The zero-order valence-electron chi connectivity index (χ0n) is 30.2. The van der Waals surface area contributed by atoms with Crippen LogP contribution in [0.3, 0.4) is 0 Å². The monoisotopic (exact) mass is 638 g/mol. The molecule has 1 amide bonds. The molecule has 1 aliphatic heterocycles. The van der Waals surface area contributed by atoms with E-state index in [0.29, 0.717) is 24.9 Å². The van der Waals surface area contributed by atoms with Gasteiger partial charge in [0.1, 0.15) is 6.10 Å². The average Bonchev–Trinajstić information content (AvgIpc) is 3.01. The van der Waals surface area contributed by atoms with Crippen molar-refractivity contribution in [2.24, 2.45) is 50.2 Å². The van der Waals surface area contributed by atoms with Gasteiger partial charge in [0.15, 0.2) is 0 Å². The molecule has 1 saturated heterocycles. The van der Waals surface area contributed by atoms with Gasteiger partial charge in [-0.05, 0) is 104 Å². The second kappa shape index (κ2) is 11.6. The van der Waals surface area contributed by atoms with E-state index in [-0.39, 0.29) is 75.2 Å². The van der Waals surface area contributed by atoms with E-state index in [1.807, 2.05) is 4.90 Å². The molecule has 1 N–H and O–H groups in total. The summed E-state index contributed by atoms with van der Waals surface area (Å²) in [5.41, 5.74) is 1.62. The topological polar surface area (TPSA) is 84.9 Å². The molecule has 258 valence electrons. The Kier molecular flexibility index (Phi) is 8.59. The van der Waals surface area contributed by atoms with E-state index >= 15 is 0 Å². The van der Waals surface area contributed by atoms with Gasteiger partial charge in [0, 0.05) is 38.0 Å². The van der Waals surface area contributed by atoms with Crippen LogP contribution in [0.25, 0.3) is 0 Å². The number of nitrogens with zero attached hydrogens (tertiary/aromatic N) is 1. The van der Waals surface area contributed by atoms with Crippen molar-refractivity contribution in [3.8, 4) is 0 Å². The maximum atomic E-state index is 13.5. The van der Waals surface area contributed by atoms with Crippen LogP contribution in [0.2, 0.25) is 0 Å². The number of carbonyl (C=O) groups is 3. The fourth-order valence-corrected chi connectivity index (χ4v) is 12.5. The van der Waals surface area contributed by atoms with Crippen LogP contribution in [0.4, 0.5) is 0 Å². The lowest BCUT2D eigenvalue weighted by atomic mass is 9.33. The van der Waals surface area contributed by atoms with Crippen LogP contribution in [0.15, 0.2) is 11.6 Å². The first-order chi connectivity index (χ1) is 21.5. The summed E-state index contributed by atoms with van der Waals surface area (Å²) in [4.78, 5) is 41.2. The predicted octanol–water partition coefficient (Wildman–Crippen LogP) is 7.08. The van der Waals surface area contributed by atoms with Crippen LogP contribution >= 0.6 is 0 Å². The zero-order chi connectivity index (χ0) is 33.3. The van der Waals surface area contributed by atoms with Gasteiger partial charge >= 0.3 is 11.9 Å². The number of methoxy groups -OCH3 is 1. The van der Waals surface area contributed by atoms with Crippen molar-refractivity contribution in [2.75, 3.05) is 33.3 Å². The van der Waals surface area contributed by atoms with Gasteiger partial charge in [-0.2, -0.15) is 0 Å². The van der Waals surface area contributed by atoms with E-state index in [1.165, 1.54) is 0 Å². The highest BCUT2D eigenvalue weighted by molar-refractivity contribution is 5.81. The standard InChI is InChI=1S/C39H62N2O5/c1-34(2)17-19-39(33(44)45-8)20-18-37(6)26(27(39)25-34)9-10-29-36(5)15-14-30(35(3,4)28(36)13-16-38(29,37)7)46-32(43)12-11-31(42)41-23-21-40-22-24-41/h9,27-30,40H,10-25H2,1-8H3/t27-,28-,29+,30-,36-,37+,38+,39-/m0/s1. The minimum absolute atomic E-state index is 0.0154. The Morgan fingerprint density at radius 3 is 2.26 bits per heavy atom. The van der Waals surface area contributed by atoms with Crippen molar-refractivity contribution in [3.05, 3.63) is 11.6 Å². The van der Waals surface area contributed by atoms with E-state index in [4.69, 9.17) is 9.47 Å². The summed E-state index contributed by atoms with van der Waals surface area (Å²) in [6.45, 7) is 20.2. The maximum Gasteiger partial charge on any atom is 0.312 e. The molecule has 6 rings (SSSR count). The van der Waals surface area contributed by atoms with Crippen molar-refractivity contribution in [1.82, 2.24) is 10.2 Å². The van der Waals surface area contributed by atoms with Crippen LogP contribution in [0.1, 0.15) is 126 Å². The maximum absolute atomic E-state index is 13.5. The fourth-order valence-electron chi connectivity index (χ4n) is 12.5. The number of nitrogens with one attached hydrogen (secondary N) is 1. The SMILES string of the molecule is COC(=O)[C@]12CCC(C)(C)C[C@H]1C1=CC[C@@H]3[C@@]4(C)CC[C@H](OC(=O)CCC(=O)N5CCNCC5)C(C)(C)[C@@H]4CC[C@@]3(C)[C@]1(C)CC2. The number of amides is 1. The highest BCUT2D eigenvalue weighted by Gasteiger charge is 2.69. The molecular formula is C39H62N2O5. The summed E-state index contributed by atoms with van der Waals surface area (Å²) in [5, 5.41) is 3.27. The average molecular weight is 639 g/mol. The highest BCUT2D eigenvalue weighted by Crippen LogP contribution is 2.76. The Hall–Kier alpha value is -1.89. The Balaban J connectivity index is 1.21. The van der Waals surface area contributed by atoms with Crippen LogP contribution < -0.4 is 5.32 Å². The van der Waals surface area contributed by atoms with Gasteiger partial charge in [-0.1, -0.05) is 60.1 Å². The second-order valence-electron chi connectivity index (χ2n) is 18.3. The third-order valence-electron chi connectivity index (χ3n) is 15.5. The number of esters is 2. The van der Waals surface area contributed by atoms with Crippen LogP contribution in [0, 0.1) is 50.2 Å². The molecule has 6 aliphatic rings. The van der Waals surface area contributed by atoms with E-state index < -0.39 is 0 Å². The molecule has 46 heavy (non-hydrogen) atoms.